The lowest BCUT2D eigenvalue weighted by Gasteiger charge is -2.23. The topological polar surface area (TPSA) is 12.0 Å². The van der Waals surface area contributed by atoms with Crippen molar-refractivity contribution in [3.63, 3.8) is 0 Å². The molecule has 3 heteroatoms. The van der Waals surface area contributed by atoms with Gasteiger partial charge < -0.3 is 5.32 Å². The molecule has 0 aromatic heterocycles. The predicted molar refractivity (Wildman–Crippen MR) is 65.1 cm³/mol. The van der Waals surface area contributed by atoms with Gasteiger partial charge in [-0.1, -0.05) is 36.9 Å². The van der Waals surface area contributed by atoms with E-state index < -0.39 is 0 Å². The fourth-order valence-corrected chi connectivity index (χ4v) is 2.48. The minimum atomic E-state index is -0.212. The lowest BCUT2D eigenvalue weighted by atomic mass is 9.95. The van der Waals surface area contributed by atoms with Crippen molar-refractivity contribution in [1.82, 2.24) is 5.32 Å². The van der Waals surface area contributed by atoms with Crippen LogP contribution in [0.1, 0.15) is 37.7 Å². The summed E-state index contributed by atoms with van der Waals surface area (Å²) in [5.74, 6) is -0.212. The molecule has 0 saturated heterocycles. The van der Waals surface area contributed by atoms with E-state index in [1.165, 1.54) is 38.2 Å². The molecule has 1 saturated carbocycles. The highest BCUT2D eigenvalue weighted by atomic mass is 35.5. The molecule has 2 rings (SSSR count). The minimum Gasteiger partial charge on any atom is -0.310 e. The van der Waals surface area contributed by atoms with Crippen LogP contribution >= 0.6 is 11.6 Å². The molecule has 0 radical (unpaired) electrons. The third-order valence-electron chi connectivity index (χ3n) is 3.23. The van der Waals surface area contributed by atoms with E-state index in [4.69, 9.17) is 11.6 Å². The number of nitrogens with one attached hydrogen (secondary N) is 1. The molecule has 0 heterocycles. The summed E-state index contributed by atoms with van der Waals surface area (Å²) >= 11 is 5.97. The van der Waals surface area contributed by atoms with Crippen molar-refractivity contribution in [1.29, 1.82) is 0 Å². The van der Waals surface area contributed by atoms with Crippen LogP contribution in [0, 0.1) is 5.82 Å². The summed E-state index contributed by atoms with van der Waals surface area (Å²) in [4.78, 5) is 0. The van der Waals surface area contributed by atoms with Crippen molar-refractivity contribution in [2.45, 2.75) is 44.7 Å². The van der Waals surface area contributed by atoms with Crippen molar-refractivity contribution in [2.75, 3.05) is 0 Å². The third kappa shape index (κ3) is 2.96. The van der Waals surface area contributed by atoms with Crippen molar-refractivity contribution < 1.29 is 4.39 Å². The van der Waals surface area contributed by atoms with Gasteiger partial charge in [0.05, 0.1) is 0 Å². The van der Waals surface area contributed by atoms with Crippen LogP contribution in [-0.4, -0.2) is 6.04 Å². The summed E-state index contributed by atoms with van der Waals surface area (Å²) in [5.41, 5.74) is 0.592. The predicted octanol–water partition coefficient (Wildman–Crippen LogP) is 3.90. The fraction of sp³-hybridized carbons (Fsp3) is 0.538. The monoisotopic (exact) mass is 241 g/mol. The largest absolute Gasteiger partial charge is 0.310 e. The summed E-state index contributed by atoms with van der Waals surface area (Å²) < 4.78 is 13.5. The molecular weight excluding hydrogens is 225 g/mol. The van der Waals surface area contributed by atoms with Crippen LogP contribution < -0.4 is 5.32 Å². The maximum Gasteiger partial charge on any atom is 0.129 e. The van der Waals surface area contributed by atoms with Crippen molar-refractivity contribution in [2.24, 2.45) is 0 Å². The van der Waals surface area contributed by atoms with Crippen LogP contribution in [-0.2, 0) is 6.54 Å². The van der Waals surface area contributed by atoms with Crippen LogP contribution in [0.15, 0.2) is 18.2 Å². The highest BCUT2D eigenvalue weighted by Crippen LogP contribution is 2.21. The normalized spacial score (nSPS) is 17.6. The Bertz CT molecular complexity index is 328. The lowest BCUT2D eigenvalue weighted by Crippen LogP contribution is -2.30. The van der Waals surface area contributed by atoms with E-state index in [2.05, 4.69) is 5.32 Å². The van der Waals surface area contributed by atoms with Gasteiger partial charge in [0.2, 0.25) is 0 Å². The molecule has 16 heavy (non-hydrogen) atoms. The molecule has 0 spiro atoms. The SMILES string of the molecule is Fc1cccc(Cl)c1CNC1CCCCC1. The molecule has 0 unspecified atom stereocenters. The quantitative estimate of drug-likeness (QED) is 0.846. The number of halogens is 2. The van der Waals surface area contributed by atoms with Crippen molar-refractivity contribution in [3.05, 3.63) is 34.6 Å². The number of benzene rings is 1. The molecule has 1 aliphatic carbocycles. The molecule has 0 amide bonds. The first-order valence-electron chi connectivity index (χ1n) is 5.93. The summed E-state index contributed by atoms with van der Waals surface area (Å²) in [6.07, 6.45) is 6.29. The molecule has 0 atom stereocenters. The summed E-state index contributed by atoms with van der Waals surface area (Å²) in [7, 11) is 0. The molecule has 1 fully saturated rings. The molecule has 0 bridgehead atoms. The molecule has 1 N–H and O–H groups in total. The van der Waals surface area contributed by atoms with Crippen molar-refractivity contribution in [3.8, 4) is 0 Å². The Morgan fingerprint density at radius 2 is 2.00 bits per heavy atom. The van der Waals surface area contributed by atoms with Crippen LogP contribution in [0.25, 0.3) is 0 Å². The molecular formula is C13H17ClFN. The second-order valence-electron chi connectivity index (χ2n) is 4.42. The lowest BCUT2D eigenvalue weighted by molar-refractivity contribution is 0.370. The first-order valence-corrected chi connectivity index (χ1v) is 6.31. The van der Waals surface area contributed by atoms with Gasteiger partial charge in [0, 0.05) is 23.2 Å². The van der Waals surface area contributed by atoms with E-state index in [9.17, 15) is 4.39 Å². The van der Waals surface area contributed by atoms with Crippen molar-refractivity contribution >= 4 is 11.6 Å². The Kier molecular flexibility index (Phi) is 4.19. The highest BCUT2D eigenvalue weighted by molar-refractivity contribution is 6.31. The Balaban J connectivity index is 1.93. The smallest absolute Gasteiger partial charge is 0.129 e. The first kappa shape index (κ1) is 11.9. The Morgan fingerprint density at radius 3 is 2.69 bits per heavy atom. The van der Waals surface area contributed by atoms with Gasteiger partial charge in [0.25, 0.3) is 0 Å². The molecule has 1 aliphatic rings. The number of hydrogen-bond donors (Lipinski definition) is 1. The van der Waals surface area contributed by atoms with E-state index in [0.29, 0.717) is 23.2 Å². The van der Waals surface area contributed by atoms with Gasteiger partial charge >= 0.3 is 0 Å². The minimum absolute atomic E-state index is 0.212. The Hall–Kier alpha value is -0.600. The van der Waals surface area contributed by atoms with Crippen LogP contribution in [0.2, 0.25) is 5.02 Å². The van der Waals surface area contributed by atoms with Gasteiger partial charge in [-0.3, -0.25) is 0 Å². The van der Waals surface area contributed by atoms with E-state index in [1.54, 1.807) is 12.1 Å². The maximum atomic E-state index is 13.5. The molecule has 0 aliphatic heterocycles. The maximum absolute atomic E-state index is 13.5. The van der Waals surface area contributed by atoms with E-state index in [1.807, 2.05) is 0 Å². The van der Waals surface area contributed by atoms with Gasteiger partial charge in [-0.25, -0.2) is 4.39 Å². The van der Waals surface area contributed by atoms with E-state index >= 15 is 0 Å². The third-order valence-corrected chi connectivity index (χ3v) is 3.59. The second-order valence-corrected chi connectivity index (χ2v) is 4.82. The average Bonchev–Trinajstić information content (AvgIpc) is 2.30. The first-order chi connectivity index (χ1) is 7.77. The van der Waals surface area contributed by atoms with Gasteiger partial charge in [-0.2, -0.15) is 0 Å². The summed E-state index contributed by atoms with van der Waals surface area (Å²) in [5, 5.41) is 3.91. The number of rotatable bonds is 3. The van der Waals surface area contributed by atoms with E-state index in [0.717, 1.165) is 0 Å². The Labute approximate surface area is 101 Å². The zero-order chi connectivity index (χ0) is 11.4. The number of hydrogen-bond acceptors (Lipinski definition) is 1. The molecule has 88 valence electrons. The summed E-state index contributed by atoms with van der Waals surface area (Å²) in [6.45, 7) is 0.538. The van der Waals surface area contributed by atoms with Gasteiger partial charge in [-0.15, -0.1) is 0 Å². The average molecular weight is 242 g/mol. The summed E-state index contributed by atoms with van der Waals surface area (Å²) in [6, 6.07) is 5.37. The standard InChI is InChI=1S/C13H17ClFN/c14-12-7-4-8-13(15)11(12)9-16-10-5-2-1-3-6-10/h4,7-8,10,16H,1-3,5-6,9H2. The van der Waals surface area contributed by atoms with Gasteiger partial charge in [-0.05, 0) is 25.0 Å². The fourth-order valence-electron chi connectivity index (χ4n) is 2.25. The van der Waals surface area contributed by atoms with Crippen LogP contribution in [0.5, 0.6) is 0 Å². The molecule has 1 nitrogen and oxygen atoms in total. The van der Waals surface area contributed by atoms with Crippen LogP contribution in [0.4, 0.5) is 4.39 Å². The Morgan fingerprint density at radius 1 is 1.25 bits per heavy atom. The molecule has 1 aromatic rings. The zero-order valence-electron chi connectivity index (χ0n) is 9.31. The van der Waals surface area contributed by atoms with E-state index in [-0.39, 0.29) is 5.82 Å². The zero-order valence-corrected chi connectivity index (χ0v) is 10.1. The molecule has 1 aromatic carbocycles. The van der Waals surface area contributed by atoms with Gasteiger partial charge in [0.15, 0.2) is 0 Å². The highest BCUT2D eigenvalue weighted by Gasteiger charge is 2.14. The van der Waals surface area contributed by atoms with Crippen LogP contribution in [0.3, 0.4) is 0 Å². The van der Waals surface area contributed by atoms with Gasteiger partial charge in [0.1, 0.15) is 5.82 Å². The second kappa shape index (κ2) is 5.65.